The van der Waals surface area contributed by atoms with Crippen LogP contribution < -0.4 is 10.6 Å². The zero-order valence-corrected chi connectivity index (χ0v) is 11.4. The van der Waals surface area contributed by atoms with Crippen LogP contribution in [0.5, 0.6) is 0 Å². The molecule has 0 spiro atoms. The Morgan fingerprint density at radius 1 is 1.42 bits per heavy atom. The zero-order chi connectivity index (χ0) is 14.0. The van der Waals surface area contributed by atoms with Gasteiger partial charge in [0.25, 0.3) is 5.91 Å². The number of ether oxygens (including phenoxy) is 1. The maximum absolute atomic E-state index is 11.9. The summed E-state index contributed by atoms with van der Waals surface area (Å²) in [5.41, 5.74) is 1.60. The summed E-state index contributed by atoms with van der Waals surface area (Å²) in [5, 5.41) is 5.58. The molecule has 0 aromatic heterocycles. The summed E-state index contributed by atoms with van der Waals surface area (Å²) < 4.78 is 4.88. The molecule has 1 aliphatic rings. The number of amides is 2. The van der Waals surface area contributed by atoms with Gasteiger partial charge in [-0.15, -0.1) is 0 Å². The van der Waals surface area contributed by atoms with Gasteiger partial charge in [-0.1, -0.05) is 0 Å². The van der Waals surface area contributed by atoms with E-state index in [9.17, 15) is 9.59 Å². The second kappa shape index (κ2) is 5.01. The SMILES string of the molecule is COCCNC(=O)c1ccc2c(c1)C(C)(C)C(=O)N2. The molecule has 0 saturated carbocycles. The van der Waals surface area contributed by atoms with Crippen LogP contribution >= 0.6 is 0 Å². The van der Waals surface area contributed by atoms with Gasteiger partial charge < -0.3 is 15.4 Å². The fourth-order valence-electron chi connectivity index (χ4n) is 2.08. The average Bonchev–Trinajstić information content (AvgIpc) is 2.60. The third-order valence-corrected chi connectivity index (χ3v) is 3.36. The normalized spacial score (nSPS) is 15.8. The molecule has 0 atom stereocenters. The Kier molecular flexibility index (Phi) is 3.57. The number of carbonyl (C=O) groups excluding carboxylic acids is 2. The molecule has 0 radical (unpaired) electrons. The van der Waals surface area contributed by atoms with Crippen molar-refractivity contribution in [2.45, 2.75) is 19.3 Å². The molecule has 1 heterocycles. The fraction of sp³-hybridized carbons (Fsp3) is 0.429. The van der Waals surface area contributed by atoms with Crippen LogP contribution in [0, 0.1) is 0 Å². The Hall–Kier alpha value is -1.88. The van der Waals surface area contributed by atoms with Gasteiger partial charge in [0.2, 0.25) is 5.91 Å². The largest absolute Gasteiger partial charge is 0.383 e. The Labute approximate surface area is 112 Å². The highest BCUT2D eigenvalue weighted by atomic mass is 16.5. The lowest BCUT2D eigenvalue weighted by Gasteiger charge is -2.15. The maximum atomic E-state index is 11.9. The van der Waals surface area contributed by atoms with E-state index in [1.165, 1.54) is 0 Å². The van der Waals surface area contributed by atoms with E-state index >= 15 is 0 Å². The summed E-state index contributed by atoms with van der Waals surface area (Å²) >= 11 is 0. The molecule has 0 unspecified atom stereocenters. The molecule has 1 aromatic rings. The number of anilines is 1. The number of nitrogens with one attached hydrogen (secondary N) is 2. The number of rotatable bonds is 4. The van der Waals surface area contributed by atoms with Gasteiger partial charge >= 0.3 is 0 Å². The van der Waals surface area contributed by atoms with Gasteiger partial charge in [-0.05, 0) is 37.6 Å². The molecule has 1 aromatic carbocycles. The number of benzene rings is 1. The number of hydrogen-bond donors (Lipinski definition) is 2. The highest BCUT2D eigenvalue weighted by Gasteiger charge is 2.38. The molecule has 0 aliphatic carbocycles. The lowest BCUT2D eigenvalue weighted by molar-refractivity contribution is -0.119. The molecule has 1 aliphatic heterocycles. The van der Waals surface area contributed by atoms with Crippen molar-refractivity contribution in [3.8, 4) is 0 Å². The van der Waals surface area contributed by atoms with Crippen LogP contribution in [0.15, 0.2) is 18.2 Å². The lowest BCUT2D eigenvalue weighted by Crippen LogP contribution is -2.28. The number of fused-ring (bicyclic) bond motifs is 1. The minimum atomic E-state index is -0.599. The molecule has 5 heteroatoms. The van der Waals surface area contributed by atoms with E-state index in [1.807, 2.05) is 13.8 Å². The van der Waals surface area contributed by atoms with E-state index in [-0.39, 0.29) is 11.8 Å². The van der Waals surface area contributed by atoms with Gasteiger partial charge in [0.05, 0.1) is 12.0 Å². The monoisotopic (exact) mass is 262 g/mol. The predicted molar refractivity (Wildman–Crippen MR) is 72.3 cm³/mol. The van der Waals surface area contributed by atoms with Crippen molar-refractivity contribution in [2.75, 3.05) is 25.6 Å². The predicted octanol–water partition coefficient (Wildman–Crippen LogP) is 1.29. The summed E-state index contributed by atoms with van der Waals surface area (Å²) in [6, 6.07) is 5.26. The van der Waals surface area contributed by atoms with Crippen molar-refractivity contribution in [2.24, 2.45) is 0 Å². The molecule has 2 rings (SSSR count). The fourth-order valence-corrected chi connectivity index (χ4v) is 2.08. The number of hydrogen-bond acceptors (Lipinski definition) is 3. The van der Waals surface area contributed by atoms with E-state index in [0.717, 1.165) is 11.3 Å². The summed E-state index contributed by atoms with van der Waals surface area (Å²) in [6.07, 6.45) is 0. The van der Waals surface area contributed by atoms with Crippen molar-refractivity contribution in [3.63, 3.8) is 0 Å². The Morgan fingerprint density at radius 3 is 2.84 bits per heavy atom. The summed E-state index contributed by atoms with van der Waals surface area (Å²) in [7, 11) is 1.58. The van der Waals surface area contributed by atoms with Crippen LogP contribution in [-0.4, -0.2) is 32.1 Å². The third-order valence-electron chi connectivity index (χ3n) is 3.36. The smallest absolute Gasteiger partial charge is 0.251 e. The molecule has 5 nitrogen and oxygen atoms in total. The van der Waals surface area contributed by atoms with E-state index in [0.29, 0.717) is 18.7 Å². The standard InChI is InChI=1S/C14H18N2O3/c1-14(2)10-8-9(12(17)15-6-7-19-3)4-5-11(10)16-13(14)18/h4-5,8H,6-7H2,1-3H3,(H,15,17)(H,16,18). The zero-order valence-electron chi connectivity index (χ0n) is 11.4. The van der Waals surface area contributed by atoms with Crippen molar-refractivity contribution < 1.29 is 14.3 Å². The number of carbonyl (C=O) groups is 2. The van der Waals surface area contributed by atoms with Crippen LogP contribution in [0.1, 0.15) is 29.8 Å². The van der Waals surface area contributed by atoms with Crippen molar-refractivity contribution in [1.82, 2.24) is 5.32 Å². The Morgan fingerprint density at radius 2 is 2.16 bits per heavy atom. The third kappa shape index (κ3) is 2.46. The second-order valence-electron chi connectivity index (χ2n) is 5.09. The molecule has 2 N–H and O–H groups in total. The molecule has 102 valence electrons. The molecule has 0 bridgehead atoms. The first kappa shape index (κ1) is 13.5. The van der Waals surface area contributed by atoms with Gasteiger partial charge in [0.15, 0.2) is 0 Å². The van der Waals surface area contributed by atoms with Crippen LogP contribution in [0.2, 0.25) is 0 Å². The van der Waals surface area contributed by atoms with Crippen LogP contribution in [-0.2, 0) is 14.9 Å². The van der Waals surface area contributed by atoms with E-state index in [1.54, 1.807) is 25.3 Å². The van der Waals surface area contributed by atoms with Gasteiger partial charge in [-0.25, -0.2) is 0 Å². The van der Waals surface area contributed by atoms with Crippen molar-refractivity contribution in [1.29, 1.82) is 0 Å². The van der Waals surface area contributed by atoms with E-state index in [2.05, 4.69) is 10.6 Å². The molecule has 19 heavy (non-hydrogen) atoms. The van der Waals surface area contributed by atoms with Crippen LogP contribution in [0.25, 0.3) is 0 Å². The topological polar surface area (TPSA) is 67.4 Å². The quantitative estimate of drug-likeness (QED) is 0.803. The minimum Gasteiger partial charge on any atom is -0.383 e. The number of methoxy groups -OCH3 is 1. The van der Waals surface area contributed by atoms with Crippen LogP contribution in [0.3, 0.4) is 0 Å². The molecule has 0 saturated heterocycles. The lowest BCUT2D eigenvalue weighted by atomic mass is 9.85. The van der Waals surface area contributed by atoms with Gasteiger partial charge in [-0.3, -0.25) is 9.59 Å². The molecule has 2 amide bonds. The molecule has 0 fully saturated rings. The molecular weight excluding hydrogens is 244 g/mol. The maximum Gasteiger partial charge on any atom is 0.251 e. The van der Waals surface area contributed by atoms with E-state index < -0.39 is 5.41 Å². The summed E-state index contributed by atoms with van der Waals surface area (Å²) in [5.74, 6) is -0.200. The Balaban J connectivity index is 2.20. The van der Waals surface area contributed by atoms with Gasteiger partial charge in [-0.2, -0.15) is 0 Å². The average molecular weight is 262 g/mol. The first-order valence-electron chi connectivity index (χ1n) is 6.20. The van der Waals surface area contributed by atoms with Crippen molar-refractivity contribution in [3.05, 3.63) is 29.3 Å². The van der Waals surface area contributed by atoms with Crippen LogP contribution in [0.4, 0.5) is 5.69 Å². The molecular formula is C14H18N2O3. The van der Waals surface area contributed by atoms with Gasteiger partial charge in [0, 0.05) is 24.9 Å². The van der Waals surface area contributed by atoms with E-state index in [4.69, 9.17) is 4.74 Å². The summed E-state index contributed by atoms with van der Waals surface area (Å²) in [4.78, 5) is 23.8. The second-order valence-corrected chi connectivity index (χ2v) is 5.09. The Bertz CT molecular complexity index is 523. The first-order chi connectivity index (χ1) is 8.96. The van der Waals surface area contributed by atoms with Crippen molar-refractivity contribution >= 4 is 17.5 Å². The minimum absolute atomic E-state index is 0.0422. The van der Waals surface area contributed by atoms with Gasteiger partial charge in [0.1, 0.15) is 0 Å². The highest BCUT2D eigenvalue weighted by molar-refractivity contribution is 6.07. The highest BCUT2D eigenvalue weighted by Crippen LogP contribution is 2.37. The first-order valence-corrected chi connectivity index (χ1v) is 6.20. The summed E-state index contributed by atoms with van der Waals surface area (Å²) in [6.45, 7) is 4.64.